The number of rotatable bonds is 2. The highest BCUT2D eigenvalue weighted by Crippen LogP contribution is 2.23. The molecule has 1 aliphatic rings. The normalized spacial score (nSPS) is 15.3. The van der Waals surface area contributed by atoms with E-state index in [1.54, 1.807) is 11.3 Å². The molecule has 0 unspecified atom stereocenters. The Bertz CT molecular complexity index is 629. The van der Waals surface area contributed by atoms with Crippen LogP contribution in [0, 0.1) is 6.92 Å². The minimum absolute atomic E-state index is 0.153. The largest absolute Gasteiger partial charge is 0.302 e. The molecule has 0 fully saturated rings. The smallest absolute Gasteiger partial charge is 0.194 e. The number of ketones is 1. The Labute approximate surface area is 117 Å². The summed E-state index contributed by atoms with van der Waals surface area (Å²) in [5, 5.41) is 1.98. The topological polar surface area (TPSA) is 20.3 Å². The molecule has 0 saturated heterocycles. The van der Waals surface area contributed by atoms with Crippen molar-refractivity contribution in [1.29, 1.82) is 0 Å². The average Bonchev–Trinajstić information content (AvgIpc) is 2.83. The Morgan fingerprint density at radius 2 is 2.11 bits per heavy atom. The first-order chi connectivity index (χ1) is 9.15. The zero-order chi connectivity index (χ0) is 13.4. The van der Waals surface area contributed by atoms with Crippen LogP contribution in [-0.2, 0) is 13.0 Å². The first kappa shape index (κ1) is 12.6. The average molecular weight is 271 g/mol. The van der Waals surface area contributed by atoms with Crippen molar-refractivity contribution < 1.29 is 4.79 Å². The lowest BCUT2D eigenvalue weighted by molar-refractivity contribution is 0.103. The van der Waals surface area contributed by atoms with E-state index in [0.29, 0.717) is 0 Å². The summed E-state index contributed by atoms with van der Waals surface area (Å²) < 4.78 is 0. The van der Waals surface area contributed by atoms with Gasteiger partial charge in [-0.15, -0.1) is 11.3 Å². The van der Waals surface area contributed by atoms with Crippen LogP contribution in [0.15, 0.2) is 29.6 Å². The van der Waals surface area contributed by atoms with Crippen molar-refractivity contribution >= 4 is 17.1 Å². The molecule has 0 atom stereocenters. The van der Waals surface area contributed by atoms with Crippen molar-refractivity contribution in [3.8, 4) is 0 Å². The van der Waals surface area contributed by atoms with E-state index >= 15 is 0 Å². The van der Waals surface area contributed by atoms with Crippen molar-refractivity contribution in [3.05, 3.63) is 56.8 Å². The summed E-state index contributed by atoms with van der Waals surface area (Å²) >= 11 is 1.63. The molecular formula is C16H17NOS. The zero-order valence-electron chi connectivity index (χ0n) is 11.3. The van der Waals surface area contributed by atoms with Gasteiger partial charge in [-0.25, -0.2) is 0 Å². The maximum atomic E-state index is 12.5. The van der Waals surface area contributed by atoms with E-state index in [1.807, 2.05) is 24.4 Å². The number of thiophene rings is 1. The molecule has 0 N–H and O–H groups in total. The van der Waals surface area contributed by atoms with Gasteiger partial charge in [-0.1, -0.05) is 12.1 Å². The SMILES string of the molecule is Cc1sccc1C(=O)c1ccc2c(c1)CCN(C)C2. The van der Waals surface area contributed by atoms with Crippen LogP contribution < -0.4 is 0 Å². The van der Waals surface area contributed by atoms with Gasteiger partial charge in [0.05, 0.1) is 0 Å². The number of carbonyl (C=O) groups is 1. The number of fused-ring (bicyclic) bond motifs is 1. The van der Waals surface area contributed by atoms with Crippen molar-refractivity contribution in [2.75, 3.05) is 13.6 Å². The van der Waals surface area contributed by atoms with Crippen LogP contribution >= 0.6 is 11.3 Å². The minimum atomic E-state index is 0.153. The van der Waals surface area contributed by atoms with Gasteiger partial charge in [0.1, 0.15) is 0 Å². The molecule has 3 heteroatoms. The summed E-state index contributed by atoms with van der Waals surface area (Å²) in [7, 11) is 2.14. The molecule has 2 nitrogen and oxygen atoms in total. The highest BCUT2D eigenvalue weighted by Gasteiger charge is 2.17. The number of nitrogens with zero attached hydrogens (tertiary/aromatic N) is 1. The zero-order valence-corrected chi connectivity index (χ0v) is 12.1. The van der Waals surface area contributed by atoms with Crippen LogP contribution in [-0.4, -0.2) is 24.3 Å². The first-order valence-electron chi connectivity index (χ1n) is 6.54. The Morgan fingerprint density at radius 3 is 2.84 bits per heavy atom. The van der Waals surface area contributed by atoms with Gasteiger partial charge in [-0.05, 0) is 49.0 Å². The first-order valence-corrected chi connectivity index (χ1v) is 7.42. The van der Waals surface area contributed by atoms with Crippen molar-refractivity contribution in [2.24, 2.45) is 0 Å². The van der Waals surface area contributed by atoms with Crippen molar-refractivity contribution in [2.45, 2.75) is 19.9 Å². The van der Waals surface area contributed by atoms with E-state index in [9.17, 15) is 4.79 Å². The number of hydrogen-bond donors (Lipinski definition) is 0. The fourth-order valence-corrected chi connectivity index (χ4v) is 3.31. The molecule has 1 aromatic heterocycles. The third-order valence-corrected chi connectivity index (χ3v) is 4.62. The Balaban J connectivity index is 1.95. The van der Waals surface area contributed by atoms with E-state index in [4.69, 9.17) is 0 Å². The molecule has 0 bridgehead atoms. The van der Waals surface area contributed by atoms with Crippen LogP contribution in [0.2, 0.25) is 0 Å². The van der Waals surface area contributed by atoms with Gasteiger partial charge in [0.25, 0.3) is 0 Å². The van der Waals surface area contributed by atoms with Gasteiger partial charge in [0.2, 0.25) is 0 Å². The predicted octanol–water partition coefficient (Wildman–Crippen LogP) is 3.28. The standard InChI is InChI=1S/C16H17NOS/c1-11-15(6-8-19-11)16(18)13-3-4-14-10-17(2)7-5-12(14)9-13/h3-4,6,8-9H,5,7,10H2,1-2H3. The molecule has 0 spiro atoms. The summed E-state index contributed by atoms with van der Waals surface area (Å²) in [4.78, 5) is 15.9. The Kier molecular flexibility index (Phi) is 3.25. The summed E-state index contributed by atoms with van der Waals surface area (Å²) in [6, 6.07) is 8.09. The maximum Gasteiger partial charge on any atom is 0.194 e. The molecule has 2 heterocycles. The van der Waals surface area contributed by atoms with Crippen LogP contribution in [0.3, 0.4) is 0 Å². The van der Waals surface area contributed by atoms with Crippen molar-refractivity contribution in [1.82, 2.24) is 4.90 Å². The number of likely N-dealkylation sites (N-methyl/N-ethyl adjacent to an activating group) is 1. The summed E-state index contributed by atoms with van der Waals surface area (Å²) in [5.41, 5.74) is 4.35. The maximum absolute atomic E-state index is 12.5. The van der Waals surface area contributed by atoms with Crippen LogP contribution in [0.25, 0.3) is 0 Å². The van der Waals surface area contributed by atoms with E-state index in [-0.39, 0.29) is 5.78 Å². The molecule has 1 aromatic carbocycles. The predicted molar refractivity (Wildman–Crippen MR) is 79.0 cm³/mol. The van der Waals surface area contributed by atoms with Gasteiger partial charge < -0.3 is 4.90 Å². The molecule has 3 rings (SSSR count). The number of carbonyl (C=O) groups excluding carboxylic acids is 1. The summed E-state index contributed by atoms with van der Waals surface area (Å²) in [6.45, 7) is 4.06. The second kappa shape index (κ2) is 4.91. The molecular weight excluding hydrogens is 254 g/mol. The lowest BCUT2D eigenvalue weighted by Gasteiger charge is -2.25. The fraction of sp³-hybridized carbons (Fsp3) is 0.312. The third kappa shape index (κ3) is 2.36. The summed E-state index contributed by atoms with van der Waals surface area (Å²) in [6.07, 6.45) is 1.04. The highest BCUT2D eigenvalue weighted by atomic mass is 32.1. The third-order valence-electron chi connectivity index (χ3n) is 3.78. The van der Waals surface area contributed by atoms with Gasteiger partial charge in [-0.2, -0.15) is 0 Å². The Hall–Kier alpha value is -1.45. The number of benzene rings is 1. The second-order valence-electron chi connectivity index (χ2n) is 5.19. The fourth-order valence-electron chi connectivity index (χ4n) is 2.61. The van der Waals surface area contributed by atoms with Crippen LogP contribution in [0.1, 0.15) is 31.9 Å². The molecule has 2 aromatic rings. The highest BCUT2D eigenvalue weighted by molar-refractivity contribution is 7.10. The van der Waals surface area contributed by atoms with Gasteiger partial charge >= 0.3 is 0 Å². The van der Waals surface area contributed by atoms with Gasteiger partial charge in [-0.3, -0.25) is 4.79 Å². The molecule has 0 amide bonds. The van der Waals surface area contributed by atoms with Gasteiger partial charge in [0.15, 0.2) is 5.78 Å². The molecule has 1 aliphatic heterocycles. The molecule has 98 valence electrons. The number of aryl methyl sites for hydroxylation is 1. The molecule has 19 heavy (non-hydrogen) atoms. The van der Waals surface area contributed by atoms with Crippen LogP contribution in [0.5, 0.6) is 0 Å². The van der Waals surface area contributed by atoms with E-state index in [2.05, 4.69) is 24.1 Å². The lowest BCUT2D eigenvalue weighted by Crippen LogP contribution is -2.26. The molecule has 0 aliphatic carbocycles. The Morgan fingerprint density at radius 1 is 1.26 bits per heavy atom. The molecule has 0 saturated carbocycles. The summed E-state index contributed by atoms with van der Waals surface area (Å²) in [5.74, 6) is 0.153. The quantitative estimate of drug-likeness (QED) is 0.781. The van der Waals surface area contributed by atoms with Crippen molar-refractivity contribution in [3.63, 3.8) is 0 Å². The van der Waals surface area contributed by atoms with E-state index in [1.165, 1.54) is 11.1 Å². The van der Waals surface area contributed by atoms with E-state index in [0.717, 1.165) is 35.5 Å². The van der Waals surface area contributed by atoms with Gasteiger partial charge in [0, 0.05) is 29.1 Å². The molecule has 0 radical (unpaired) electrons. The minimum Gasteiger partial charge on any atom is -0.302 e. The van der Waals surface area contributed by atoms with E-state index < -0.39 is 0 Å². The monoisotopic (exact) mass is 271 g/mol. The lowest BCUT2D eigenvalue weighted by atomic mass is 9.94. The van der Waals surface area contributed by atoms with Crippen LogP contribution in [0.4, 0.5) is 0 Å². The number of hydrogen-bond acceptors (Lipinski definition) is 3. The second-order valence-corrected chi connectivity index (χ2v) is 6.31.